The zero-order chi connectivity index (χ0) is 45.8. The van der Waals surface area contributed by atoms with Crippen molar-refractivity contribution >= 4 is 12.3 Å². The second kappa shape index (κ2) is 17.1. The number of rotatable bonds is 9. The van der Waals surface area contributed by atoms with E-state index in [0.717, 1.165) is 37.7 Å². The Bertz CT molecular complexity index is 1720. The SMILES string of the molecule is CC(C)=C[C@H]1C[C@@](O)([C@H]2CC[C@]3(C)[C@@H]2CC[C@@H]2[C@@]4(C=O)CC[C@H](O[C@@H]5OC[C@H](O)[C@H](O[C@@H]6OC[C@@H](O)[C@H](O)[C@H]6O)[C@H]5O[C@@H]5O[C@@H](C)[C@H](O)[C@@H](O)[C@H]5O)C(C)(C)[C@@H]4CC[C@]23C)C(=O)O1. The molecule has 4 aliphatic carbocycles. The molecule has 8 fully saturated rings. The highest BCUT2D eigenvalue weighted by molar-refractivity contribution is 5.82. The van der Waals surface area contributed by atoms with Crippen LogP contribution in [-0.4, -0.2) is 164 Å². The van der Waals surface area contributed by atoms with Crippen molar-refractivity contribution in [2.75, 3.05) is 13.2 Å². The van der Waals surface area contributed by atoms with Crippen LogP contribution in [0.3, 0.4) is 0 Å². The van der Waals surface area contributed by atoms with E-state index in [-0.39, 0.29) is 54.1 Å². The minimum absolute atomic E-state index is 0.0319. The van der Waals surface area contributed by atoms with Gasteiger partial charge in [-0.2, -0.15) is 0 Å². The lowest BCUT2D eigenvalue weighted by molar-refractivity contribution is -0.383. The Balaban J connectivity index is 1.04. The standard InChI is InChI=1S/C46H72O17/c1-21(2)16-23-17-46(56,41(55)60-23)25-10-13-43(6)24(25)8-9-29-44(43,7)14-11-28-42(4,5)30(12-15-45(28,29)20-47)61-40-37(63-39-35(54)33(52)31(50)22(3)59-39)36(27(49)19-58-40)62-38-34(53)32(51)26(48)18-57-38/h16,20,22-40,48-54,56H,8-15,17-19H2,1-7H3/t22-,23-,24+,25-,26+,27-,28-,29-,30-,31-,32-,33+,34+,35+,36-,37+,38-,39-,40-,43+,44+,45+,46+/m0/s1. The predicted octanol–water partition coefficient (Wildman–Crippen LogP) is 1.00. The van der Waals surface area contributed by atoms with Crippen molar-refractivity contribution in [3.63, 3.8) is 0 Å². The van der Waals surface area contributed by atoms with Gasteiger partial charge in [0.1, 0.15) is 67.3 Å². The molecule has 4 saturated heterocycles. The fourth-order valence-corrected chi connectivity index (χ4v) is 14.4. The summed E-state index contributed by atoms with van der Waals surface area (Å²) in [5.41, 5.74) is -2.36. The number of aliphatic hydroxyl groups is 8. The Hall–Kier alpha value is -1.68. The van der Waals surface area contributed by atoms with E-state index < -0.39 is 115 Å². The van der Waals surface area contributed by atoms with Crippen LogP contribution >= 0.6 is 0 Å². The molecule has 358 valence electrons. The number of hydrogen-bond donors (Lipinski definition) is 8. The quantitative estimate of drug-likeness (QED) is 0.0695. The van der Waals surface area contributed by atoms with Crippen molar-refractivity contribution < 1.29 is 83.6 Å². The molecule has 17 nitrogen and oxygen atoms in total. The zero-order valence-corrected chi connectivity index (χ0v) is 37.7. The number of cyclic esters (lactones) is 1. The van der Waals surface area contributed by atoms with Crippen LogP contribution in [-0.2, 0) is 42.7 Å². The van der Waals surface area contributed by atoms with E-state index in [1.807, 2.05) is 19.9 Å². The number of allylic oxidation sites excluding steroid dienone is 1. The van der Waals surface area contributed by atoms with E-state index in [2.05, 4.69) is 27.7 Å². The molecule has 4 heterocycles. The lowest BCUT2D eigenvalue weighted by Crippen LogP contribution is -2.67. The van der Waals surface area contributed by atoms with Crippen LogP contribution < -0.4 is 0 Å². The molecule has 0 aromatic heterocycles. The summed E-state index contributed by atoms with van der Waals surface area (Å²) in [4.78, 5) is 27.3. The number of aliphatic hydroxyl groups excluding tert-OH is 7. The maximum Gasteiger partial charge on any atom is 0.339 e. The summed E-state index contributed by atoms with van der Waals surface area (Å²) in [6.45, 7) is 13.6. The fourth-order valence-electron chi connectivity index (χ4n) is 14.4. The van der Waals surface area contributed by atoms with Gasteiger partial charge in [-0.05, 0) is 112 Å². The summed E-state index contributed by atoms with van der Waals surface area (Å²) >= 11 is 0. The molecular formula is C46H72O17. The highest BCUT2D eigenvalue weighted by atomic mass is 16.8. The second-order valence-electron chi connectivity index (χ2n) is 21.7. The molecule has 4 aliphatic heterocycles. The van der Waals surface area contributed by atoms with Crippen LogP contribution in [0.5, 0.6) is 0 Å². The number of carbonyl (C=O) groups excluding carboxylic acids is 2. The van der Waals surface area contributed by atoms with Gasteiger partial charge >= 0.3 is 5.97 Å². The number of ether oxygens (including phenoxy) is 7. The van der Waals surface area contributed by atoms with Gasteiger partial charge in [0.15, 0.2) is 24.5 Å². The number of esters is 1. The highest BCUT2D eigenvalue weighted by Crippen LogP contribution is 2.76. The maximum atomic E-state index is 13.9. The van der Waals surface area contributed by atoms with Crippen molar-refractivity contribution in [2.24, 2.45) is 45.3 Å². The summed E-state index contributed by atoms with van der Waals surface area (Å²) < 4.78 is 42.5. The molecule has 0 bridgehead atoms. The third kappa shape index (κ3) is 7.60. The van der Waals surface area contributed by atoms with E-state index in [1.165, 1.54) is 13.2 Å². The molecule has 4 saturated carbocycles. The van der Waals surface area contributed by atoms with Gasteiger partial charge < -0.3 is 78.8 Å². The van der Waals surface area contributed by atoms with Crippen molar-refractivity contribution in [3.8, 4) is 0 Å². The summed E-state index contributed by atoms with van der Waals surface area (Å²) in [6.07, 6.45) is -11.0. The molecule has 0 amide bonds. The highest BCUT2D eigenvalue weighted by Gasteiger charge is 2.72. The van der Waals surface area contributed by atoms with E-state index in [0.29, 0.717) is 19.3 Å². The van der Waals surface area contributed by atoms with Crippen molar-refractivity contribution in [2.45, 2.75) is 204 Å². The summed E-state index contributed by atoms with van der Waals surface area (Å²) in [5.74, 6) is -0.783. The van der Waals surface area contributed by atoms with E-state index >= 15 is 0 Å². The van der Waals surface area contributed by atoms with Crippen molar-refractivity contribution in [1.29, 1.82) is 0 Å². The molecule has 0 aromatic carbocycles. The lowest BCUT2D eigenvalue weighted by atomic mass is 9.35. The number of hydrogen-bond acceptors (Lipinski definition) is 17. The molecule has 8 rings (SSSR count). The van der Waals surface area contributed by atoms with Gasteiger partial charge in [0.25, 0.3) is 0 Å². The van der Waals surface area contributed by atoms with Gasteiger partial charge in [0.2, 0.25) is 0 Å². The summed E-state index contributed by atoms with van der Waals surface area (Å²) in [5, 5.41) is 86.7. The van der Waals surface area contributed by atoms with Crippen LogP contribution in [0.1, 0.15) is 106 Å². The molecule has 63 heavy (non-hydrogen) atoms. The first-order valence-corrected chi connectivity index (χ1v) is 23.2. The monoisotopic (exact) mass is 896 g/mol. The minimum atomic E-state index is -1.73. The van der Waals surface area contributed by atoms with Gasteiger partial charge in [-0.25, -0.2) is 4.79 Å². The van der Waals surface area contributed by atoms with Gasteiger partial charge in [-0.3, -0.25) is 0 Å². The van der Waals surface area contributed by atoms with Crippen molar-refractivity contribution in [3.05, 3.63) is 11.6 Å². The summed E-state index contributed by atoms with van der Waals surface area (Å²) in [7, 11) is 0. The summed E-state index contributed by atoms with van der Waals surface area (Å²) in [6, 6.07) is 0. The molecular weight excluding hydrogens is 824 g/mol. The lowest BCUT2D eigenvalue weighted by Gasteiger charge is -2.69. The third-order valence-corrected chi connectivity index (χ3v) is 18.0. The molecule has 8 aliphatic rings. The van der Waals surface area contributed by atoms with Crippen LogP contribution in [0, 0.1) is 45.3 Å². The van der Waals surface area contributed by atoms with Gasteiger partial charge in [0.05, 0.1) is 25.4 Å². The Kier molecular flexibility index (Phi) is 13.0. The van der Waals surface area contributed by atoms with Crippen LogP contribution in [0.15, 0.2) is 11.6 Å². The van der Waals surface area contributed by atoms with E-state index in [1.54, 1.807) is 0 Å². The molecule has 8 N–H and O–H groups in total. The van der Waals surface area contributed by atoms with Gasteiger partial charge in [-0.15, -0.1) is 0 Å². The predicted molar refractivity (Wildman–Crippen MR) is 219 cm³/mol. The molecule has 23 atom stereocenters. The minimum Gasteiger partial charge on any atom is -0.456 e. The second-order valence-corrected chi connectivity index (χ2v) is 21.7. The zero-order valence-electron chi connectivity index (χ0n) is 37.7. The Morgan fingerprint density at radius 2 is 1.33 bits per heavy atom. The average molecular weight is 897 g/mol. The molecule has 0 spiro atoms. The smallest absolute Gasteiger partial charge is 0.339 e. The Morgan fingerprint density at radius 1 is 0.683 bits per heavy atom. The number of fused-ring (bicyclic) bond motifs is 5. The third-order valence-electron chi connectivity index (χ3n) is 18.0. The first-order chi connectivity index (χ1) is 29.5. The maximum absolute atomic E-state index is 13.9. The number of aldehydes is 1. The van der Waals surface area contributed by atoms with E-state index in [4.69, 9.17) is 33.2 Å². The Morgan fingerprint density at radius 3 is 2.03 bits per heavy atom. The first-order valence-electron chi connectivity index (χ1n) is 23.2. The Labute approximate surface area is 369 Å². The molecule has 0 unspecified atom stereocenters. The average Bonchev–Trinajstić information content (AvgIpc) is 3.73. The first kappa shape index (κ1) is 47.8. The van der Waals surface area contributed by atoms with E-state index in [9.17, 15) is 50.4 Å². The van der Waals surface area contributed by atoms with Crippen LogP contribution in [0.4, 0.5) is 0 Å². The fraction of sp³-hybridized carbons (Fsp3) is 0.913. The van der Waals surface area contributed by atoms with Crippen LogP contribution in [0.2, 0.25) is 0 Å². The molecule has 0 radical (unpaired) electrons. The normalized spacial score (nSPS) is 54.3. The van der Waals surface area contributed by atoms with Crippen molar-refractivity contribution in [1.82, 2.24) is 0 Å². The van der Waals surface area contributed by atoms with Gasteiger partial charge in [-0.1, -0.05) is 33.3 Å². The largest absolute Gasteiger partial charge is 0.456 e. The topological polar surface area (TPSA) is 261 Å². The molecule has 0 aromatic rings. The number of carbonyl (C=O) groups is 2. The van der Waals surface area contributed by atoms with Crippen LogP contribution in [0.25, 0.3) is 0 Å². The molecule has 17 heteroatoms. The van der Waals surface area contributed by atoms with Gasteiger partial charge in [0, 0.05) is 17.8 Å².